The van der Waals surface area contributed by atoms with Gasteiger partial charge in [-0.25, -0.2) is 0 Å². The van der Waals surface area contributed by atoms with Gasteiger partial charge in [-0.1, -0.05) is 30.3 Å². The van der Waals surface area contributed by atoms with Gasteiger partial charge in [-0.2, -0.15) is 0 Å². The summed E-state index contributed by atoms with van der Waals surface area (Å²) in [6.07, 6.45) is -0.419. The van der Waals surface area contributed by atoms with Crippen LogP contribution < -0.4 is 9.64 Å². The van der Waals surface area contributed by atoms with Gasteiger partial charge in [-0.3, -0.25) is 0 Å². The Morgan fingerprint density at radius 2 is 1.85 bits per heavy atom. The number of fused-ring (bicyclic) bond motifs is 1. The van der Waals surface area contributed by atoms with Crippen molar-refractivity contribution in [3.8, 4) is 5.75 Å². The van der Waals surface area contributed by atoms with Crippen LogP contribution in [0.2, 0.25) is 0 Å². The third kappa shape index (κ3) is 2.63. The van der Waals surface area contributed by atoms with Crippen molar-refractivity contribution in [2.75, 3.05) is 18.1 Å². The van der Waals surface area contributed by atoms with Gasteiger partial charge < -0.3 is 14.7 Å². The molecule has 0 saturated carbocycles. The van der Waals surface area contributed by atoms with E-state index in [1.807, 2.05) is 30.3 Å². The molecule has 1 aliphatic heterocycles. The summed E-state index contributed by atoms with van der Waals surface area (Å²) < 4.78 is 5.78. The zero-order chi connectivity index (χ0) is 13.9. The van der Waals surface area contributed by atoms with Crippen LogP contribution in [0, 0.1) is 0 Å². The van der Waals surface area contributed by atoms with Gasteiger partial charge in [0.1, 0.15) is 12.4 Å². The predicted octanol–water partition coefficient (Wildman–Crippen LogP) is 3.14. The number of rotatable bonds is 2. The summed E-state index contributed by atoms with van der Waals surface area (Å²) >= 11 is 0. The lowest BCUT2D eigenvalue weighted by molar-refractivity contribution is 0.199. The summed E-state index contributed by atoms with van der Waals surface area (Å²) in [5.41, 5.74) is 3.32. The first kappa shape index (κ1) is 13.0. The highest BCUT2D eigenvalue weighted by Crippen LogP contribution is 2.26. The van der Waals surface area contributed by atoms with Crippen molar-refractivity contribution in [3.63, 3.8) is 0 Å². The fourth-order valence-corrected chi connectivity index (χ4v) is 2.51. The molecule has 0 aliphatic carbocycles. The first-order valence-corrected chi connectivity index (χ1v) is 6.98. The van der Waals surface area contributed by atoms with Crippen molar-refractivity contribution in [1.29, 1.82) is 0 Å². The van der Waals surface area contributed by atoms with Gasteiger partial charge >= 0.3 is 0 Å². The zero-order valence-electron chi connectivity index (χ0n) is 11.6. The Labute approximate surface area is 119 Å². The van der Waals surface area contributed by atoms with E-state index in [9.17, 15) is 5.11 Å². The fraction of sp³-hybridized carbons (Fsp3) is 0.294. The van der Waals surface area contributed by atoms with Gasteiger partial charge in [0.15, 0.2) is 0 Å². The molecule has 1 aliphatic rings. The molecule has 0 spiro atoms. The van der Waals surface area contributed by atoms with E-state index in [0.717, 1.165) is 30.1 Å². The molecular formula is C17H19NO2. The Morgan fingerprint density at radius 3 is 2.60 bits per heavy atom. The van der Waals surface area contributed by atoms with Gasteiger partial charge in [0.25, 0.3) is 0 Å². The highest BCUT2D eigenvalue weighted by atomic mass is 16.5. The number of anilines is 1. The molecule has 1 heterocycles. The molecule has 3 nitrogen and oxygen atoms in total. The molecule has 104 valence electrons. The van der Waals surface area contributed by atoms with Gasteiger partial charge in [0.2, 0.25) is 0 Å². The molecule has 3 rings (SSSR count). The smallest absolute Gasteiger partial charge is 0.124 e. The van der Waals surface area contributed by atoms with Gasteiger partial charge in [-0.15, -0.1) is 0 Å². The Hall–Kier alpha value is -2.00. The van der Waals surface area contributed by atoms with E-state index < -0.39 is 6.10 Å². The van der Waals surface area contributed by atoms with E-state index in [2.05, 4.69) is 23.1 Å². The maximum absolute atomic E-state index is 9.57. The molecule has 0 amide bonds. The number of benzene rings is 2. The maximum Gasteiger partial charge on any atom is 0.124 e. The number of para-hydroxylation sites is 1. The largest absolute Gasteiger partial charge is 0.491 e. The number of aliphatic hydroxyl groups is 1. The summed E-state index contributed by atoms with van der Waals surface area (Å²) in [6, 6.07) is 16.3. The highest BCUT2D eigenvalue weighted by molar-refractivity contribution is 5.50. The predicted molar refractivity (Wildman–Crippen MR) is 80.1 cm³/mol. The number of ether oxygens (including phenoxy) is 1. The molecule has 1 N–H and O–H groups in total. The van der Waals surface area contributed by atoms with Crippen molar-refractivity contribution in [3.05, 3.63) is 59.7 Å². The molecule has 1 atom stereocenters. The summed E-state index contributed by atoms with van der Waals surface area (Å²) in [5.74, 6) is 0.982. The van der Waals surface area contributed by atoms with Crippen molar-refractivity contribution in [1.82, 2.24) is 0 Å². The average Bonchev–Trinajstić information content (AvgIpc) is 2.69. The second-order valence-corrected chi connectivity index (χ2v) is 5.15. The standard InChI is InChI=1S/C17H19NO2/c1-13(19)14-6-8-16(9-7-14)18-10-11-20-17-5-3-2-4-15(17)12-18/h2-9,13,19H,10-12H2,1H3/t13-/m1/s1. The van der Waals surface area contributed by atoms with Crippen LogP contribution >= 0.6 is 0 Å². The Bertz CT molecular complexity index is 578. The van der Waals surface area contributed by atoms with Crippen molar-refractivity contribution in [2.45, 2.75) is 19.6 Å². The molecule has 2 aromatic carbocycles. The van der Waals surface area contributed by atoms with Crippen molar-refractivity contribution >= 4 is 5.69 Å². The third-order valence-electron chi connectivity index (χ3n) is 3.69. The molecule has 0 radical (unpaired) electrons. The van der Waals surface area contributed by atoms with E-state index in [1.165, 1.54) is 5.56 Å². The molecule has 2 aromatic rings. The van der Waals surface area contributed by atoms with E-state index in [0.29, 0.717) is 6.61 Å². The van der Waals surface area contributed by atoms with Gasteiger partial charge in [-0.05, 0) is 30.7 Å². The minimum Gasteiger partial charge on any atom is -0.491 e. The summed E-state index contributed by atoms with van der Waals surface area (Å²) in [6.45, 7) is 4.19. The number of hydrogen-bond donors (Lipinski definition) is 1. The second-order valence-electron chi connectivity index (χ2n) is 5.15. The molecule has 3 heteroatoms. The molecule has 0 saturated heterocycles. The summed E-state index contributed by atoms with van der Waals surface area (Å²) in [5, 5.41) is 9.57. The van der Waals surface area contributed by atoms with Crippen LogP contribution in [0.15, 0.2) is 48.5 Å². The average molecular weight is 269 g/mol. The van der Waals surface area contributed by atoms with Gasteiger partial charge in [0, 0.05) is 17.8 Å². The van der Waals surface area contributed by atoms with E-state index in [1.54, 1.807) is 6.92 Å². The second kappa shape index (κ2) is 5.55. The van der Waals surface area contributed by atoms with Crippen molar-refractivity contribution < 1.29 is 9.84 Å². The normalized spacial score (nSPS) is 16.0. The van der Waals surface area contributed by atoms with Crippen LogP contribution in [-0.2, 0) is 6.54 Å². The molecule has 0 aromatic heterocycles. The minimum absolute atomic E-state index is 0.419. The van der Waals surface area contributed by atoms with Crippen LogP contribution in [0.5, 0.6) is 5.75 Å². The molecule has 0 unspecified atom stereocenters. The first-order valence-electron chi connectivity index (χ1n) is 6.98. The lowest BCUT2D eigenvalue weighted by Crippen LogP contribution is -2.25. The van der Waals surface area contributed by atoms with E-state index in [4.69, 9.17) is 4.74 Å². The first-order chi connectivity index (χ1) is 9.74. The lowest BCUT2D eigenvalue weighted by atomic mass is 10.1. The van der Waals surface area contributed by atoms with Crippen molar-refractivity contribution in [2.24, 2.45) is 0 Å². The SMILES string of the molecule is C[C@@H](O)c1ccc(N2CCOc3ccccc3C2)cc1. The Kier molecular flexibility index (Phi) is 3.61. The van der Waals surface area contributed by atoms with Crippen LogP contribution in [0.1, 0.15) is 24.2 Å². The molecular weight excluding hydrogens is 250 g/mol. The van der Waals surface area contributed by atoms with Crippen LogP contribution in [0.25, 0.3) is 0 Å². The van der Waals surface area contributed by atoms with Crippen LogP contribution in [-0.4, -0.2) is 18.3 Å². The van der Waals surface area contributed by atoms with E-state index >= 15 is 0 Å². The number of nitrogens with zero attached hydrogens (tertiary/aromatic N) is 1. The topological polar surface area (TPSA) is 32.7 Å². The fourth-order valence-electron chi connectivity index (χ4n) is 2.51. The maximum atomic E-state index is 9.57. The highest BCUT2D eigenvalue weighted by Gasteiger charge is 2.15. The molecule has 0 fully saturated rings. The molecule has 20 heavy (non-hydrogen) atoms. The van der Waals surface area contributed by atoms with Gasteiger partial charge in [0.05, 0.1) is 12.6 Å². The molecule has 0 bridgehead atoms. The minimum atomic E-state index is -0.419. The van der Waals surface area contributed by atoms with Crippen LogP contribution in [0.4, 0.5) is 5.69 Å². The van der Waals surface area contributed by atoms with Crippen LogP contribution in [0.3, 0.4) is 0 Å². The number of aliphatic hydroxyl groups excluding tert-OH is 1. The quantitative estimate of drug-likeness (QED) is 0.909. The summed E-state index contributed by atoms with van der Waals surface area (Å²) in [7, 11) is 0. The number of hydrogen-bond acceptors (Lipinski definition) is 3. The lowest BCUT2D eigenvalue weighted by Gasteiger charge is -2.22. The third-order valence-corrected chi connectivity index (χ3v) is 3.69. The monoisotopic (exact) mass is 269 g/mol. The Balaban J connectivity index is 1.84. The zero-order valence-corrected chi connectivity index (χ0v) is 11.6. The van der Waals surface area contributed by atoms with E-state index in [-0.39, 0.29) is 0 Å². The Morgan fingerprint density at radius 1 is 1.10 bits per heavy atom. The summed E-state index contributed by atoms with van der Waals surface area (Å²) in [4.78, 5) is 2.30.